The highest BCUT2D eigenvalue weighted by Crippen LogP contribution is 2.38. The Bertz CT molecular complexity index is 706. The van der Waals surface area contributed by atoms with E-state index in [9.17, 15) is 28.5 Å². The van der Waals surface area contributed by atoms with Crippen LogP contribution in [0.1, 0.15) is 17.0 Å². The number of ether oxygens (including phenoxy) is 3. The second kappa shape index (κ2) is 7.41. The number of benzene rings is 1. The monoisotopic (exact) mass is 359 g/mol. The molecule has 1 aliphatic heterocycles. The molecule has 0 radical (unpaired) electrons. The maximum absolute atomic E-state index is 14.8. The number of halogens is 2. The zero-order chi connectivity index (χ0) is 18.7. The fourth-order valence-electron chi connectivity index (χ4n) is 2.82. The normalized spacial score (nSPS) is 13.8. The number of nitrogens with zero attached hydrogens (tertiary/aromatic N) is 1. The Balaban J connectivity index is 2.63. The summed E-state index contributed by atoms with van der Waals surface area (Å²) in [5, 5.41) is 11.0. The second-order valence-electron chi connectivity index (χ2n) is 5.31. The highest BCUT2D eigenvalue weighted by atomic mass is 19.1. The van der Waals surface area contributed by atoms with Crippen molar-refractivity contribution in [3.05, 3.63) is 38.9 Å². The molecule has 10 heteroatoms. The van der Waals surface area contributed by atoms with Crippen molar-refractivity contribution in [2.45, 2.75) is 12.3 Å². The SMILES string of the molecule is COC(=O)C(C(=O)OC)C(C[N+](=O)[O-])c1c(F)cc2c(c1F)CCO2. The van der Waals surface area contributed by atoms with E-state index in [1.165, 1.54) is 0 Å². The van der Waals surface area contributed by atoms with E-state index in [1.807, 2.05) is 0 Å². The molecule has 0 spiro atoms. The molecule has 0 fully saturated rings. The maximum atomic E-state index is 14.8. The average molecular weight is 359 g/mol. The molecule has 0 saturated heterocycles. The van der Waals surface area contributed by atoms with Gasteiger partial charge >= 0.3 is 11.9 Å². The summed E-state index contributed by atoms with van der Waals surface area (Å²) in [6.07, 6.45) is 0.140. The van der Waals surface area contributed by atoms with Crippen molar-refractivity contribution < 1.29 is 37.5 Å². The molecular formula is C15H15F2NO7. The molecule has 1 aromatic rings. The van der Waals surface area contributed by atoms with Gasteiger partial charge in [-0.05, 0) is 0 Å². The molecule has 1 unspecified atom stereocenters. The lowest BCUT2D eigenvalue weighted by Crippen LogP contribution is -2.36. The largest absolute Gasteiger partial charge is 0.493 e. The fourth-order valence-corrected chi connectivity index (χ4v) is 2.82. The first-order valence-electron chi connectivity index (χ1n) is 7.22. The van der Waals surface area contributed by atoms with Gasteiger partial charge in [-0.15, -0.1) is 0 Å². The van der Waals surface area contributed by atoms with Crippen LogP contribution in [-0.4, -0.2) is 44.2 Å². The molecule has 1 atom stereocenters. The molecular weight excluding hydrogens is 344 g/mol. The van der Waals surface area contributed by atoms with Gasteiger partial charge in [0.25, 0.3) is 0 Å². The summed E-state index contributed by atoms with van der Waals surface area (Å²) < 4.78 is 43.2. The lowest BCUT2D eigenvalue weighted by molar-refractivity contribution is -0.484. The van der Waals surface area contributed by atoms with Crippen molar-refractivity contribution in [3.63, 3.8) is 0 Å². The van der Waals surface area contributed by atoms with Crippen molar-refractivity contribution in [3.8, 4) is 5.75 Å². The molecule has 0 amide bonds. The molecule has 0 bridgehead atoms. The quantitative estimate of drug-likeness (QED) is 0.325. The van der Waals surface area contributed by atoms with E-state index in [2.05, 4.69) is 9.47 Å². The van der Waals surface area contributed by atoms with Crippen LogP contribution in [0.4, 0.5) is 8.78 Å². The predicted molar refractivity (Wildman–Crippen MR) is 77.7 cm³/mol. The highest BCUT2D eigenvalue weighted by molar-refractivity contribution is 5.96. The van der Waals surface area contributed by atoms with Crippen LogP contribution in [0.15, 0.2) is 6.07 Å². The van der Waals surface area contributed by atoms with Crippen LogP contribution in [-0.2, 0) is 25.5 Å². The molecule has 136 valence electrons. The number of carbonyl (C=O) groups is 2. The van der Waals surface area contributed by atoms with E-state index in [4.69, 9.17) is 4.74 Å². The van der Waals surface area contributed by atoms with Gasteiger partial charge in [-0.2, -0.15) is 0 Å². The predicted octanol–water partition coefficient (Wildman–Crippen LogP) is 1.22. The second-order valence-corrected chi connectivity index (χ2v) is 5.31. The maximum Gasteiger partial charge on any atom is 0.320 e. The van der Waals surface area contributed by atoms with Crippen LogP contribution in [0.2, 0.25) is 0 Å². The first-order chi connectivity index (χ1) is 11.8. The molecule has 0 saturated carbocycles. The zero-order valence-electron chi connectivity index (χ0n) is 13.4. The van der Waals surface area contributed by atoms with Crippen molar-refractivity contribution in [2.75, 3.05) is 27.4 Å². The molecule has 0 aliphatic carbocycles. The Kier molecular flexibility index (Phi) is 5.50. The summed E-state index contributed by atoms with van der Waals surface area (Å²) in [4.78, 5) is 34.0. The number of carbonyl (C=O) groups excluding carboxylic acids is 2. The molecule has 1 heterocycles. The molecule has 2 rings (SSSR count). The van der Waals surface area contributed by atoms with E-state index in [-0.39, 0.29) is 24.3 Å². The molecule has 1 aromatic carbocycles. The van der Waals surface area contributed by atoms with Crippen LogP contribution in [0.3, 0.4) is 0 Å². The first-order valence-corrected chi connectivity index (χ1v) is 7.22. The summed E-state index contributed by atoms with van der Waals surface area (Å²) in [5.41, 5.74) is -0.694. The number of nitro groups is 1. The minimum absolute atomic E-state index is 0.00807. The topological polar surface area (TPSA) is 105 Å². The third-order valence-electron chi connectivity index (χ3n) is 3.95. The third-order valence-corrected chi connectivity index (χ3v) is 3.95. The number of esters is 2. The zero-order valence-corrected chi connectivity index (χ0v) is 13.4. The Morgan fingerprint density at radius 3 is 2.44 bits per heavy atom. The average Bonchev–Trinajstić information content (AvgIpc) is 3.02. The van der Waals surface area contributed by atoms with Crippen molar-refractivity contribution in [2.24, 2.45) is 5.92 Å². The highest BCUT2D eigenvalue weighted by Gasteiger charge is 2.44. The van der Waals surface area contributed by atoms with E-state index in [0.29, 0.717) is 0 Å². The minimum atomic E-state index is -1.88. The summed E-state index contributed by atoms with van der Waals surface area (Å²) in [6.45, 7) is -0.936. The van der Waals surface area contributed by atoms with Crippen LogP contribution in [0.5, 0.6) is 5.75 Å². The number of fused-ring (bicyclic) bond motifs is 1. The van der Waals surface area contributed by atoms with Gasteiger partial charge in [-0.25, -0.2) is 8.78 Å². The number of hydrogen-bond donors (Lipinski definition) is 0. The van der Waals surface area contributed by atoms with Gasteiger partial charge in [-0.1, -0.05) is 0 Å². The molecule has 0 aromatic heterocycles. The molecule has 25 heavy (non-hydrogen) atoms. The van der Waals surface area contributed by atoms with Crippen molar-refractivity contribution in [1.82, 2.24) is 0 Å². The van der Waals surface area contributed by atoms with Gasteiger partial charge < -0.3 is 14.2 Å². The summed E-state index contributed by atoms with van der Waals surface area (Å²) >= 11 is 0. The fraction of sp³-hybridized carbons (Fsp3) is 0.467. The van der Waals surface area contributed by atoms with Gasteiger partial charge in [0.05, 0.1) is 26.7 Å². The lowest BCUT2D eigenvalue weighted by atomic mass is 9.84. The third kappa shape index (κ3) is 3.52. The van der Waals surface area contributed by atoms with Gasteiger partial charge in [0.15, 0.2) is 5.92 Å². The van der Waals surface area contributed by atoms with Crippen molar-refractivity contribution >= 4 is 11.9 Å². The van der Waals surface area contributed by atoms with E-state index < -0.39 is 52.4 Å². The summed E-state index contributed by atoms with van der Waals surface area (Å²) in [5.74, 6) is -8.22. The molecule has 8 nitrogen and oxygen atoms in total. The summed E-state index contributed by atoms with van der Waals surface area (Å²) in [6, 6.07) is 0.888. The lowest BCUT2D eigenvalue weighted by Gasteiger charge is -2.22. The van der Waals surface area contributed by atoms with E-state index in [0.717, 1.165) is 20.3 Å². The van der Waals surface area contributed by atoms with Crippen LogP contribution in [0.25, 0.3) is 0 Å². The Labute approximate surface area is 140 Å². The van der Waals surface area contributed by atoms with Crippen LogP contribution < -0.4 is 4.74 Å². The van der Waals surface area contributed by atoms with Gasteiger partial charge in [0.1, 0.15) is 17.4 Å². The first kappa shape index (κ1) is 18.6. The molecule has 1 aliphatic rings. The van der Waals surface area contributed by atoms with Gasteiger partial charge in [0, 0.05) is 28.5 Å². The number of rotatable bonds is 6. The number of hydrogen-bond acceptors (Lipinski definition) is 7. The number of methoxy groups -OCH3 is 2. The standard InChI is InChI=1S/C15H15F2NO7/c1-23-14(19)12(15(20)24-2)8(6-18(21)22)11-9(16)5-10-7(13(11)17)3-4-25-10/h5,8,12H,3-4,6H2,1-2H3. The Morgan fingerprint density at radius 2 is 1.92 bits per heavy atom. The van der Waals surface area contributed by atoms with Crippen LogP contribution >= 0.6 is 0 Å². The smallest absolute Gasteiger partial charge is 0.320 e. The van der Waals surface area contributed by atoms with Gasteiger partial charge in [-0.3, -0.25) is 19.7 Å². The van der Waals surface area contributed by atoms with Crippen LogP contribution in [0, 0.1) is 27.7 Å². The van der Waals surface area contributed by atoms with Crippen molar-refractivity contribution in [1.29, 1.82) is 0 Å². The van der Waals surface area contributed by atoms with Gasteiger partial charge in [0.2, 0.25) is 6.54 Å². The molecule has 0 N–H and O–H groups in total. The Morgan fingerprint density at radius 1 is 1.32 bits per heavy atom. The van der Waals surface area contributed by atoms with E-state index >= 15 is 0 Å². The Hall–Kier alpha value is -2.78. The van der Waals surface area contributed by atoms with E-state index in [1.54, 1.807) is 0 Å². The summed E-state index contributed by atoms with van der Waals surface area (Å²) in [7, 11) is 1.90. The minimum Gasteiger partial charge on any atom is -0.493 e.